The summed E-state index contributed by atoms with van der Waals surface area (Å²) in [4.78, 5) is 10.6. The highest BCUT2D eigenvalue weighted by atomic mass is 16.5. The van der Waals surface area contributed by atoms with E-state index in [2.05, 4.69) is 5.32 Å². The van der Waals surface area contributed by atoms with Gasteiger partial charge in [0.15, 0.2) is 0 Å². The van der Waals surface area contributed by atoms with Crippen LogP contribution in [0.3, 0.4) is 0 Å². The number of hydrogen-bond acceptors (Lipinski definition) is 5. The summed E-state index contributed by atoms with van der Waals surface area (Å²) in [7, 11) is 3.22. The lowest BCUT2D eigenvalue weighted by Gasteiger charge is -2.14. The third-order valence-electron chi connectivity index (χ3n) is 2.23. The largest absolute Gasteiger partial charge is 0.475 e. The topological polar surface area (TPSA) is 80.9 Å². The van der Waals surface area contributed by atoms with Gasteiger partial charge in [0, 0.05) is 20.8 Å². The zero-order chi connectivity index (χ0) is 12.7. The molecular weight excluding hydrogens is 226 g/mol. The number of carboxylic acid groups (broad SMARTS) is 1. The van der Waals surface area contributed by atoms with Crippen molar-refractivity contribution in [3.8, 4) is 0 Å². The molecule has 1 unspecified atom stereocenters. The van der Waals surface area contributed by atoms with Crippen LogP contribution in [0.5, 0.6) is 0 Å². The molecule has 1 rings (SSSR count). The third kappa shape index (κ3) is 4.56. The minimum absolute atomic E-state index is 0.0334. The number of methoxy groups -OCH3 is 2. The SMILES string of the molecule is COCC(CNCc1ccc(C(=O)O)o1)OC. The van der Waals surface area contributed by atoms with E-state index in [4.69, 9.17) is 19.0 Å². The first-order valence-electron chi connectivity index (χ1n) is 5.21. The maximum Gasteiger partial charge on any atom is 0.371 e. The van der Waals surface area contributed by atoms with Gasteiger partial charge in [-0.05, 0) is 12.1 Å². The van der Waals surface area contributed by atoms with E-state index in [0.29, 0.717) is 25.5 Å². The fourth-order valence-corrected chi connectivity index (χ4v) is 1.34. The molecular formula is C11H17NO5. The van der Waals surface area contributed by atoms with E-state index < -0.39 is 5.97 Å². The molecule has 0 amide bonds. The van der Waals surface area contributed by atoms with Gasteiger partial charge in [-0.1, -0.05) is 0 Å². The van der Waals surface area contributed by atoms with E-state index >= 15 is 0 Å². The molecule has 6 heteroatoms. The Morgan fingerprint density at radius 1 is 1.53 bits per heavy atom. The van der Waals surface area contributed by atoms with Crippen molar-refractivity contribution >= 4 is 5.97 Å². The molecule has 0 aliphatic rings. The van der Waals surface area contributed by atoms with Crippen molar-refractivity contribution < 1.29 is 23.8 Å². The molecule has 0 bridgehead atoms. The van der Waals surface area contributed by atoms with E-state index in [9.17, 15) is 4.79 Å². The average molecular weight is 243 g/mol. The molecule has 96 valence electrons. The molecule has 0 fully saturated rings. The summed E-state index contributed by atoms with van der Waals surface area (Å²) in [6.07, 6.45) is -0.0334. The van der Waals surface area contributed by atoms with E-state index in [-0.39, 0.29) is 11.9 Å². The summed E-state index contributed by atoms with van der Waals surface area (Å²) < 4.78 is 15.2. The standard InChI is InChI=1S/C11H17NO5/c1-15-7-9(16-2)6-12-5-8-3-4-10(17-8)11(13)14/h3-4,9,12H,5-7H2,1-2H3,(H,13,14). The van der Waals surface area contributed by atoms with Gasteiger partial charge in [0.05, 0.1) is 19.3 Å². The molecule has 1 atom stereocenters. The molecule has 0 aromatic carbocycles. The Morgan fingerprint density at radius 2 is 2.29 bits per heavy atom. The molecule has 2 N–H and O–H groups in total. The number of rotatable bonds is 8. The van der Waals surface area contributed by atoms with Crippen molar-refractivity contribution in [2.75, 3.05) is 27.4 Å². The lowest BCUT2D eigenvalue weighted by molar-refractivity contribution is 0.0285. The zero-order valence-electron chi connectivity index (χ0n) is 9.93. The predicted octanol–water partition coefficient (Wildman–Crippen LogP) is 0.729. The molecule has 0 saturated heterocycles. The quantitative estimate of drug-likeness (QED) is 0.700. The first-order chi connectivity index (χ1) is 8.17. The smallest absolute Gasteiger partial charge is 0.371 e. The normalized spacial score (nSPS) is 12.6. The zero-order valence-corrected chi connectivity index (χ0v) is 9.93. The number of nitrogens with one attached hydrogen (secondary N) is 1. The van der Waals surface area contributed by atoms with Crippen molar-refractivity contribution in [1.29, 1.82) is 0 Å². The molecule has 1 aromatic rings. The molecule has 0 aliphatic heterocycles. The Morgan fingerprint density at radius 3 is 2.82 bits per heavy atom. The number of hydrogen-bond donors (Lipinski definition) is 2. The Hall–Kier alpha value is -1.37. The Balaban J connectivity index is 2.32. The van der Waals surface area contributed by atoms with Crippen LogP contribution in [0.4, 0.5) is 0 Å². The Kier molecular flexibility index (Phi) is 5.68. The van der Waals surface area contributed by atoms with Crippen LogP contribution in [0.15, 0.2) is 16.5 Å². The van der Waals surface area contributed by atoms with Gasteiger partial charge >= 0.3 is 5.97 Å². The van der Waals surface area contributed by atoms with Gasteiger partial charge in [-0.2, -0.15) is 0 Å². The Bertz CT molecular complexity index is 349. The summed E-state index contributed by atoms with van der Waals surface area (Å²) in [6.45, 7) is 1.56. The van der Waals surface area contributed by atoms with Crippen LogP contribution >= 0.6 is 0 Å². The second-order valence-corrected chi connectivity index (χ2v) is 3.52. The fraction of sp³-hybridized carbons (Fsp3) is 0.545. The van der Waals surface area contributed by atoms with E-state index in [0.717, 1.165) is 0 Å². The van der Waals surface area contributed by atoms with Gasteiger partial charge in [0.2, 0.25) is 5.76 Å². The first-order valence-corrected chi connectivity index (χ1v) is 5.21. The van der Waals surface area contributed by atoms with Crippen molar-refractivity contribution in [2.45, 2.75) is 12.6 Å². The van der Waals surface area contributed by atoms with Gasteiger partial charge in [-0.25, -0.2) is 4.79 Å². The van der Waals surface area contributed by atoms with Gasteiger partial charge in [0.1, 0.15) is 5.76 Å². The first kappa shape index (κ1) is 13.7. The number of carbonyl (C=O) groups is 1. The van der Waals surface area contributed by atoms with Crippen LogP contribution in [-0.2, 0) is 16.0 Å². The summed E-state index contributed by atoms with van der Waals surface area (Å²) in [5.74, 6) is -0.540. The van der Waals surface area contributed by atoms with Crippen LogP contribution in [0.1, 0.15) is 16.3 Å². The molecule has 0 aliphatic carbocycles. The second kappa shape index (κ2) is 7.05. The van der Waals surface area contributed by atoms with Crippen molar-refractivity contribution in [3.63, 3.8) is 0 Å². The van der Waals surface area contributed by atoms with Crippen molar-refractivity contribution in [1.82, 2.24) is 5.32 Å². The van der Waals surface area contributed by atoms with Crippen LogP contribution in [-0.4, -0.2) is 44.6 Å². The van der Waals surface area contributed by atoms with Crippen LogP contribution in [0.25, 0.3) is 0 Å². The highest BCUT2D eigenvalue weighted by Crippen LogP contribution is 2.07. The maximum absolute atomic E-state index is 10.6. The fourth-order valence-electron chi connectivity index (χ4n) is 1.34. The number of aromatic carboxylic acids is 1. The molecule has 1 aromatic heterocycles. The molecule has 1 heterocycles. The number of furan rings is 1. The van der Waals surface area contributed by atoms with Crippen LogP contribution < -0.4 is 5.32 Å². The van der Waals surface area contributed by atoms with E-state index in [1.165, 1.54) is 6.07 Å². The summed E-state index contributed by atoms with van der Waals surface area (Å²) >= 11 is 0. The lowest BCUT2D eigenvalue weighted by Crippen LogP contribution is -2.31. The third-order valence-corrected chi connectivity index (χ3v) is 2.23. The summed E-state index contributed by atoms with van der Waals surface area (Å²) in [5, 5.41) is 11.8. The molecule has 6 nitrogen and oxygen atoms in total. The lowest BCUT2D eigenvalue weighted by atomic mass is 10.3. The Labute approximate surface area is 99.5 Å². The highest BCUT2D eigenvalue weighted by Gasteiger charge is 2.10. The van der Waals surface area contributed by atoms with Crippen molar-refractivity contribution in [2.24, 2.45) is 0 Å². The molecule has 0 radical (unpaired) electrons. The van der Waals surface area contributed by atoms with Gasteiger partial charge in [-0.15, -0.1) is 0 Å². The summed E-state index contributed by atoms with van der Waals surface area (Å²) in [6, 6.07) is 3.07. The van der Waals surface area contributed by atoms with E-state index in [1.807, 2.05) is 0 Å². The van der Waals surface area contributed by atoms with Crippen LogP contribution in [0.2, 0.25) is 0 Å². The average Bonchev–Trinajstić information content (AvgIpc) is 2.77. The molecule has 17 heavy (non-hydrogen) atoms. The van der Waals surface area contributed by atoms with Crippen molar-refractivity contribution in [3.05, 3.63) is 23.7 Å². The second-order valence-electron chi connectivity index (χ2n) is 3.52. The summed E-state index contributed by atoms with van der Waals surface area (Å²) in [5.41, 5.74) is 0. The minimum Gasteiger partial charge on any atom is -0.475 e. The highest BCUT2D eigenvalue weighted by molar-refractivity contribution is 5.84. The molecule has 0 saturated carbocycles. The minimum atomic E-state index is -1.06. The predicted molar refractivity (Wildman–Crippen MR) is 60.0 cm³/mol. The van der Waals surface area contributed by atoms with Gasteiger partial charge in [0.25, 0.3) is 0 Å². The molecule has 0 spiro atoms. The maximum atomic E-state index is 10.6. The number of carboxylic acids is 1. The number of ether oxygens (including phenoxy) is 2. The van der Waals surface area contributed by atoms with Gasteiger partial charge < -0.3 is 24.3 Å². The van der Waals surface area contributed by atoms with E-state index in [1.54, 1.807) is 20.3 Å². The van der Waals surface area contributed by atoms with Gasteiger partial charge in [-0.3, -0.25) is 0 Å². The monoisotopic (exact) mass is 243 g/mol. The van der Waals surface area contributed by atoms with Crippen LogP contribution in [0, 0.1) is 0 Å².